The second-order valence-electron chi connectivity index (χ2n) is 2.22. The van der Waals surface area contributed by atoms with Gasteiger partial charge in [0, 0.05) is 21.7 Å². The number of rotatable bonds is 1. The van der Waals surface area contributed by atoms with Crippen LogP contribution >= 0.6 is 24.8 Å². The van der Waals surface area contributed by atoms with E-state index in [4.69, 9.17) is 0 Å². The Balaban J connectivity index is -0.0000000167. The molecular weight excluding hydrogens is 337 g/mol. The molecule has 0 atom stereocenters. The van der Waals surface area contributed by atoms with Crippen molar-refractivity contribution in [2.75, 3.05) is 14.1 Å². The molecule has 1 rings (SSSR count). The van der Waals surface area contributed by atoms with Gasteiger partial charge in [0.2, 0.25) is 0 Å². The van der Waals surface area contributed by atoms with Crippen LogP contribution in [-0.2, 0) is 21.7 Å². The van der Waals surface area contributed by atoms with Gasteiger partial charge in [0.25, 0.3) is 0 Å². The molecule has 0 bridgehead atoms. The maximum absolute atomic E-state index is 3.25. The van der Waals surface area contributed by atoms with Crippen molar-refractivity contribution < 1.29 is 21.7 Å². The van der Waals surface area contributed by atoms with Gasteiger partial charge >= 0.3 is 0 Å². The molecule has 0 aromatic rings. The number of nitrogens with zero attached hydrogens (tertiary/aromatic N) is 1. The van der Waals surface area contributed by atoms with Crippen molar-refractivity contribution in [2.24, 2.45) is 0 Å². The van der Waals surface area contributed by atoms with E-state index in [1.165, 1.54) is 0 Å². The molecular formula is C17H37Cl2NTi-6. The molecule has 1 nitrogen and oxygen atoms in total. The third kappa shape index (κ3) is 122. The van der Waals surface area contributed by atoms with Gasteiger partial charge in [0.1, 0.15) is 0 Å². The van der Waals surface area contributed by atoms with Crippen LogP contribution in [0.3, 0.4) is 0 Å². The fraction of sp³-hybridized carbons (Fsp3) is 0.471. The van der Waals surface area contributed by atoms with Crippen LogP contribution in [0.2, 0.25) is 0 Å². The van der Waals surface area contributed by atoms with Crippen LogP contribution in [0.1, 0.15) is 41.0 Å². The number of hydrogen-bond donors (Lipinski definition) is 0. The monoisotopic (exact) mass is 373 g/mol. The summed E-state index contributed by atoms with van der Waals surface area (Å²) < 4.78 is 0. The first kappa shape index (κ1) is 49.5. The van der Waals surface area contributed by atoms with Crippen molar-refractivity contribution in [3.8, 4) is 0 Å². The summed E-state index contributed by atoms with van der Waals surface area (Å²) in [6.07, 6.45) is 10.0. The van der Waals surface area contributed by atoms with Crippen molar-refractivity contribution in [1.29, 1.82) is 0 Å². The van der Waals surface area contributed by atoms with Crippen LogP contribution in [-0.4, -0.2) is 19.0 Å². The van der Waals surface area contributed by atoms with Crippen molar-refractivity contribution in [3.05, 3.63) is 58.5 Å². The van der Waals surface area contributed by atoms with Gasteiger partial charge in [-0.3, -0.25) is 12.6 Å². The van der Waals surface area contributed by atoms with Crippen molar-refractivity contribution in [2.45, 2.75) is 41.0 Å². The van der Waals surface area contributed by atoms with Crippen LogP contribution in [0.4, 0.5) is 0 Å². The van der Waals surface area contributed by atoms with E-state index in [9.17, 15) is 0 Å². The summed E-state index contributed by atoms with van der Waals surface area (Å²) in [6.45, 7) is 24.0. The quantitative estimate of drug-likeness (QED) is 0.388. The molecule has 0 spiro atoms. The second kappa shape index (κ2) is 85.2. The summed E-state index contributed by atoms with van der Waals surface area (Å²) in [5, 5.41) is 0. The molecule has 1 aliphatic carbocycles. The Hall–Kier alpha value is 0.734. The summed E-state index contributed by atoms with van der Waals surface area (Å²) in [6, 6.07) is 0. The number of halogens is 2. The molecule has 0 unspecified atom stereocenters. The molecule has 0 aromatic carbocycles. The molecule has 0 radical (unpaired) electrons. The molecule has 0 fully saturated rings. The predicted molar refractivity (Wildman–Crippen MR) is 104 cm³/mol. The molecule has 1 aliphatic rings. The summed E-state index contributed by atoms with van der Waals surface area (Å²) in [4.78, 5) is 2.00. The first-order valence-corrected chi connectivity index (χ1v) is 6.28. The van der Waals surface area contributed by atoms with Gasteiger partial charge in [-0.15, -0.1) is 31.2 Å². The third-order valence-corrected chi connectivity index (χ3v) is 1.10. The van der Waals surface area contributed by atoms with Gasteiger partial charge in [-0.1, -0.05) is 0 Å². The molecule has 0 aliphatic heterocycles. The van der Waals surface area contributed by atoms with E-state index < -0.39 is 0 Å². The first-order valence-electron chi connectivity index (χ1n) is 6.28. The second-order valence-corrected chi connectivity index (χ2v) is 2.22. The van der Waals surface area contributed by atoms with Gasteiger partial charge in [-0.25, -0.2) is 12.2 Å². The van der Waals surface area contributed by atoms with Gasteiger partial charge < -0.3 is 32.6 Å². The van der Waals surface area contributed by atoms with Crippen LogP contribution in [0.15, 0.2) is 18.2 Å². The Bertz CT molecular complexity index is 118. The Morgan fingerprint density at radius 2 is 1.19 bits per heavy atom. The van der Waals surface area contributed by atoms with E-state index in [-0.39, 0.29) is 46.5 Å². The van der Waals surface area contributed by atoms with E-state index >= 15 is 0 Å². The van der Waals surface area contributed by atoms with Gasteiger partial charge in [0.05, 0.1) is 0 Å². The van der Waals surface area contributed by atoms with Crippen LogP contribution in [0.5, 0.6) is 0 Å². The molecule has 0 saturated heterocycles. The summed E-state index contributed by atoms with van der Waals surface area (Å²) >= 11 is 0. The van der Waals surface area contributed by atoms with E-state index in [0.717, 1.165) is 6.42 Å². The minimum absolute atomic E-state index is 0. The van der Waals surface area contributed by atoms with Crippen LogP contribution in [0.25, 0.3) is 0 Å². The van der Waals surface area contributed by atoms with E-state index in [0.29, 0.717) is 0 Å². The molecule has 0 aromatic heterocycles. The minimum atomic E-state index is 0. The molecule has 134 valence electrons. The van der Waals surface area contributed by atoms with Crippen molar-refractivity contribution in [1.82, 2.24) is 4.90 Å². The summed E-state index contributed by atoms with van der Waals surface area (Å²) in [5.41, 5.74) is 0. The van der Waals surface area contributed by atoms with Gasteiger partial charge in [-0.2, -0.15) is 40.7 Å². The molecule has 0 amide bonds. The van der Waals surface area contributed by atoms with E-state index in [1.54, 1.807) is 27.7 Å². The van der Waals surface area contributed by atoms with E-state index in [1.807, 2.05) is 44.6 Å². The van der Waals surface area contributed by atoms with Crippen molar-refractivity contribution >= 4 is 24.8 Å². The molecule has 0 saturated carbocycles. The van der Waals surface area contributed by atoms with Crippen LogP contribution < -0.4 is 0 Å². The molecule has 21 heavy (non-hydrogen) atoms. The number of hydrogen-bond acceptors (Lipinski definition) is 1. The predicted octanol–water partition coefficient (Wildman–Crippen LogP) is 6.24. The largest absolute Gasteiger partial charge is 0.462 e. The fourth-order valence-electron chi connectivity index (χ4n) is 0.340. The Labute approximate surface area is 164 Å². The zero-order valence-corrected chi connectivity index (χ0v) is 18.3. The third-order valence-electron chi connectivity index (χ3n) is 1.10. The maximum Gasteiger partial charge on any atom is 0 e. The molecule has 0 heterocycles. The van der Waals surface area contributed by atoms with Gasteiger partial charge in [0.15, 0.2) is 0 Å². The smallest absolute Gasteiger partial charge is 0 e. The van der Waals surface area contributed by atoms with Gasteiger partial charge in [-0.05, 0) is 14.1 Å². The standard InChI is InChI=1S/C5H5.C4H10N.4C2H5.2ClH.Ti/c1-2-4-5-3-1;1-4-5(2)3;4*1-2;;;/h1-3H,4H2;4H,1-3H3;4*1H2,2H3;2*1H;/q6*-1;;;. The molecule has 4 heteroatoms. The fourth-order valence-corrected chi connectivity index (χ4v) is 0.340. The summed E-state index contributed by atoms with van der Waals surface area (Å²) in [7, 11) is 4.00. The Morgan fingerprint density at radius 1 is 0.905 bits per heavy atom. The topological polar surface area (TPSA) is 3.24 Å². The first-order chi connectivity index (χ1) is 8.77. The Morgan fingerprint density at radius 3 is 1.24 bits per heavy atom. The summed E-state index contributed by atoms with van der Waals surface area (Å²) in [5.74, 6) is 0. The maximum atomic E-state index is 3.25. The number of allylic oxidation sites excluding steroid dienone is 4. The zero-order chi connectivity index (χ0) is 15.8. The average Bonchev–Trinajstić information content (AvgIpc) is 3.07. The normalized spacial score (nSPS) is 7.62. The minimum Gasteiger partial charge on any atom is -0.462 e. The van der Waals surface area contributed by atoms with Crippen molar-refractivity contribution in [3.63, 3.8) is 0 Å². The molecule has 0 N–H and O–H groups in total. The average molecular weight is 374 g/mol. The zero-order valence-electron chi connectivity index (χ0n) is 15.1. The Kier molecular flexibility index (Phi) is 201. The SMILES string of the molecule is C[CH-]N(C)C.Cl.Cl.[C-]1=CC=CC1.[CH2-]C.[CH2-]C.[CH2-]C.[CH2-]C.[Ti]. The van der Waals surface area contributed by atoms with E-state index in [2.05, 4.69) is 39.8 Å². The van der Waals surface area contributed by atoms with Crippen LogP contribution in [0, 0.1) is 40.3 Å².